The first-order chi connectivity index (χ1) is 24.6. The van der Waals surface area contributed by atoms with Crippen molar-refractivity contribution in [2.45, 2.75) is 171 Å². The molecule has 8 aliphatic rings. The van der Waals surface area contributed by atoms with Gasteiger partial charge in [0.2, 0.25) is 0 Å². The van der Waals surface area contributed by atoms with Gasteiger partial charge < -0.3 is 64.2 Å². The summed E-state index contributed by atoms with van der Waals surface area (Å²) in [6, 6.07) is 0. The number of fused-ring (bicyclic) bond motifs is 7. The summed E-state index contributed by atoms with van der Waals surface area (Å²) < 4.78 is 37.4. The van der Waals surface area contributed by atoms with E-state index in [1.807, 2.05) is 0 Å². The normalized spacial score (nSPS) is 58.9. The Kier molecular flexibility index (Phi) is 10.0. The Bertz CT molecular complexity index is 1340. The second-order valence-electron chi connectivity index (χ2n) is 18.4. The van der Waals surface area contributed by atoms with E-state index in [9.17, 15) is 35.7 Å². The zero-order valence-corrected chi connectivity index (χ0v) is 31.2. The van der Waals surface area contributed by atoms with Crippen LogP contribution in [0.2, 0.25) is 0 Å². The molecule has 22 atom stereocenters. The SMILES string of the molecule is C[C@@H]1CC[C@@]2(OC1)O[C@H]1C[C@H]3[C@@H]4[C@@H](O)C=C5C[C@@H](O[C@@H]6O[C@H](CO)[C@@H](O)[C@H](O)[C@H]6O[C@@H]6O[C@@H](C)[C@H](O)[C@@H](O)[C@H]6O)CC[C@]5(C)[C@H]4CC[C@]3(C)[C@H]1[C@@H]2C. The third kappa shape index (κ3) is 5.82. The van der Waals surface area contributed by atoms with Crippen LogP contribution in [0.4, 0.5) is 0 Å². The summed E-state index contributed by atoms with van der Waals surface area (Å²) in [7, 11) is 0. The third-order valence-electron chi connectivity index (χ3n) is 15.6. The quantitative estimate of drug-likeness (QED) is 0.200. The smallest absolute Gasteiger partial charge is 0.187 e. The van der Waals surface area contributed by atoms with Crippen LogP contribution in [-0.2, 0) is 28.4 Å². The van der Waals surface area contributed by atoms with Crippen LogP contribution in [0.15, 0.2) is 11.6 Å². The predicted octanol–water partition coefficient (Wildman–Crippen LogP) is 1.36. The van der Waals surface area contributed by atoms with Crippen LogP contribution in [0.1, 0.15) is 86.0 Å². The van der Waals surface area contributed by atoms with E-state index in [0.29, 0.717) is 42.4 Å². The fraction of sp³-hybridized carbons (Fsp3) is 0.949. The standard InChI is InChI=1S/C39H62O13/c1-17-6-11-39(47-16-17)18(2)28-25(52-39)14-23-27-22(8-10-38(23,28)5)37(4)9-7-21(12-20(37)13-24(27)41)49-36-34(32(45)30(43)26(15-40)50-36)51-35-33(46)31(44)29(42)19(3)48-35/h13,17-19,21-36,40-46H,6-12,14-16H2,1-5H3/t17-,18+,19+,21+,22+,23+,24+,25+,26-,27-,28+,29+,30-,31-,32+,33-,34-,35+,36-,37+,38+,39-/m1/s1. The van der Waals surface area contributed by atoms with Gasteiger partial charge in [0.25, 0.3) is 0 Å². The molecule has 7 fully saturated rings. The Balaban J connectivity index is 0.984. The second kappa shape index (κ2) is 13.7. The van der Waals surface area contributed by atoms with Crippen molar-refractivity contribution in [2.24, 2.45) is 46.3 Å². The van der Waals surface area contributed by atoms with E-state index < -0.39 is 79.9 Å². The minimum atomic E-state index is -1.64. The van der Waals surface area contributed by atoms with Gasteiger partial charge in [-0.05, 0) is 92.3 Å². The number of aliphatic hydroxyl groups is 7. The topological polar surface area (TPSA) is 197 Å². The van der Waals surface area contributed by atoms with Crippen molar-refractivity contribution in [3.8, 4) is 0 Å². The lowest BCUT2D eigenvalue weighted by Crippen LogP contribution is -2.64. The van der Waals surface area contributed by atoms with Gasteiger partial charge in [-0.1, -0.05) is 39.3 Å². The highest BCUT2D eigenvalue weighted by molar-refractivity contribution is 5.29. The van der Waals surface area contributed by atoms with E-state index in [0.717, 1.165) is 50.7 Å². The van der Waals surface area contributed by atoms with Gasteiger partial charge in [0.1, 0.15) is 42.7 Å². The highest BCUT2D eigenvalue weighted by Crippen LogP contribution is 2.70. The van der Waals surface area contributed by atoms with E-state index in [-0.39, 0.29) is 29.0 Å². The molecule has 0 aromatic carbocycles. The molecular weight excluding hydrogens is 676 g/mol. The molecule has 296 valence electrons. The predicted molar refractivity (Wildman–Crippen MR) is 183 cm³/mol. The molecule has 4 aliphatic carbocycles. The van der Waals surface area contributed by atoms with Crippen molar-refractivity contribution < 1.29 is 64.2 Å². The van der Waals surface area contributed by atoms with Crippen LogP contribution in [0.3, 0.4) is 0 Å². The van der Waals surface area contributed by atoms with Gasteiger partial charge in [-0.25, -0.2) is 0 Å². The van der Waals surface area contributed by atoms with E-state index >= 15 is 0 Å². The summed E-state index contributed by atoms with van der Waals surface area (Å²) in [5.74, 6) is 1.58. The number of rotatable bonds is 5. The first-order valence-electron chi connectivity index (χ1n) is 20.0. The monoisotopic (exact) mass is 738 g/mol. The molecule has 13 nitrogen and oxygen atoms in total. The molecule has 0 aromatic heterocycles. The summed E-state index contributed by atoms with van der Waals surface area (Å²) in [4.78, 5) is 0. The van der Waals surface area contributed by atoms with Crippen molar-refractivity contribution in [2.75, 3.05) is 13.2 Å². The van der Waals surface area contributed by atoms with Crippen LogP contribution < -0.4 is 0 Å². The third-order valence-corrected chi connectivity index (χ3v) is 15.6. The van der Waals surface area contributed by atoms with Crippen LogP contribution >= 0.6 is 0 Å². The number of hydrogen-bond donors (Lipinski definition) is 7. The second-order valence-corrected chi connectivity index (χ2v) is 18.4. The van der Waals surface area contributed by atoms with E-state index in [1.54, 1.807) is 0 Å². The Morgan fingerprint density at radius 2 is 1.58 bits per heavy atom. The van der Waals surface area contributed by atoms with Gasteiger partial charge in [0.05, 0.1) is 37.6 Å². The fourth-order valence-corrected chi connectivity index (χ4v) is 12.5. The zero-order valence-electron chi connectivity index (χ0n) is 31.2. The van der Waals surface area contributed by atoms with Gasteiger partial charge in [0.15, 0.2) is 18.4 Å². The molecule has 13 heteroatoms. The number of hydrogen-bond acceptors (Lipinski definition) is 13. The minimum Gasteiger partial charge on any atom is -0.394 e. The van der Waals surface area contributed by atoms with Crippen LogP contribution in [0.25, 0.3) is 0 Å². The first kappa shape index (κ1) is 38.1. The average molecular weight is 739 g/mol. The van der Waals surface area contributed by atoms with Gasteiger partial charge in [-0.15, -0.1) is 0 Å². The van der Waals surface area contributed by atoms with Gasteiger partial charge in [-0.2, -0.15) is 0 Å². The summed E-state index contributed by atoms with van der Waals surface area (Å²) >= 11 is 0. The van der Waals surface area contributed by atoms with Crippen LogP contribution in [-0.4, -0.2) is 134 Å². The summed E-state index contributed by atoms with van der Waals surface area (Å²) in [6.45, 7) is 11.1. The van der Waals surface area contributed by atoms with E-state index in [2.05, 4.69) is 33.8 Å². The van der Waals surface area contributed by atoms with Crippen LogP contribution in [0, 0.1) is 46.3 Å². The molecule has 0 radical (unpaired) electrons. The van der Waals surface area contributed by atoms with Gasteiger partial charge >= 0.3 is 0 Å². The number of ether oxygens (including phenoxy) is 6. The molecular formula is C39H62O13. The Labute approximate surface area is 306 Å². The molecule has 3 saturated carbocycles. The van der Waals surface area contributed by atoms with Crippen molar-refractivity contribution in [3.63, 3.8) is 0 Å². The van der Waals surface area contributed by atoms with Crippen LogP contribution in [0.5, 0.6) is 0 Å². The van der Waals surface area contributed by atoms with E-state index in [4.69, 9.17) is 28.4 Å². The average Bonchev–Trinajstić information content (AvgIpc) is 3.56. The van der Waals surface area contributed by atoms with Gasteiger partial charge in [0, 0.05) is 12.3 Å². The highest BCUT2D eigenvalue weighted by Gasteiger charge is 2.69. The molecule has 1 spiro atoms. The molecule has 0 bridgehead atoms. The van der Waals surface area contributed by atoms with Gasteiger partial charge in [-0.3, -0.25) is 0 Å². The first-order valence-corrected chi connectivity index (χ1v) is 20.0. The lowest BCUT2D eigenvalue weighted by atomic mass is 9.46. The van der Waals surface area contributed by atoms with E-state index in [1.165, 1.54) is 6.92 Å². The molecule has 4 aliphatic heterocycles. The minimum absolute atomic E-state index is 0.0632. The molecule has 4 heterocycles. The number of aliphatic hydroxyl groups excluding tert-OH is 7. The summed E-state index contributed by atoms with van der Waals surface area (Å²) in [5, 5.41) is 74.9. The molecule has 0 amide bonds. The Hall–Kier alpha value is -0.780. The fourth-order valence-electron chi connectivity index (χ4n) is 12.5. The van der Waals surface area contributed by atoms with Crippen molar-refractivity contribution in [3.05, 3.63) is 11.6 Å². The summed E-state index contributed by atoms with van der Waals surface area (Å²) in [5.41, 5.74) is 1.09. The molecule has 52 heavy (non-hydrogen) atoms. The maximum absolute atomic E-state index is 12.0. The Morgan fingerprint density at radius 1 is 0.808 bits per heavy atom. The molecule has 0 unspecified atom stereocenters. The molecule has 7 N–H and O–H groups in total. The molecule has 4 saturated heterocycles. The van der Waals surface area contributed by atoms with Crippen molar-refractivity contribution in [1.29, 1.82) is 0 Å². The highest BCUT2D eigenvalue weighted by atomic mass is 16.8. The zero-order chi connectivity index (χ0) is 37.1. The lowest BCUT2D eigenvalue weighted by molar-refractivity contribution is -0.369. The maximum Gasteiger partial charge on any atom is 0.187 e. The molecule has 0 aromatic rings. The largest absolute Gasteiger partial charge is 0.394 e. The molecule has 8 rings (SSSR count). The van der Waals surface area contributed by atoms with Crippen molar-refractivity contribution >= 4 is 0 Å². The lowest BCUT2D eigenvalue weighted by Gasteiger charge is -2.59. The summed E-state index contributed by atoms with van der Waals surface area (Å²) in [6.07, 6.45) is -5.30. The maximum atomic E-state index is 12.0. The Morgan fingerprint density at radius 3 is 2.29 bits per heavy atom. The van der Waals surface area contributed by atoms with Crippen molar-refractivity contribution in [1.82, 2.24) is 0 Å².